The molecule has 88 valence electrons. The summed E-state index contributed by atoms with van der Waals surface area (Å²) in [5.41, 5.74) is 1.19. The fourth-order valence-electron chi connectivity index (χ4n) is 1.89. The van der Waals surface area contributed by atoms with Crippen LogP contribution < -0.4 is 0 Å². The number of H-pyrrole nitrogens is 1. The Morgan fingerprint density at radius 1 is 1.47 bits per heavy atom. The highest BCUT2D eigenvalue weighted by Gasteiger charge is 2.15. The van der Waals surface area contributed by atoms with E-state index in [1.807, 2.05) is 7.05 Å². The SMILES string of the molecule is CN1CCC/C1=N/c1nc(Cl)c2[nH]cnc2n1. The third kappa shape index (κ3) is 1.84. The topological polar surface area (TPSA) is 70.1 Å². The van der Waals surface area contributed by atoms with Crippen molar-refractivity contribution >= 4 is 34.5 Å². The first-order valence-corrected chi connectivity index (χ1v) is 5.77. The molecule has 0 bridgehead atoms. The molecule has 3 rings (SSSR count). The number of aromatic amines is 1. The molecule has 1 fully saturated rings. The second-order valence-corrected chi connectivity index (χ2v) is 4.33. The maximum Gasteiger partial charge on any atom is 0.254 e. The van der Waals surface area contributed by atoms with Gasteiger partial charge in [0.1, 0.15) is 11.4 Å². The molecule has 0 aliphatic carbocycles. The second kappa shape index (κ2) is 3.96. The highest BCUT2D eigenvalue weighted by Crippen LogP contribution is 2.21. The molecule has 1 aliphatic rings. The second-order valence-electron chi connectivity index (χ2n) is 3.97. The van der Waals surface area contributed by atoms with Crippen LogP contribution in [0.5, 0.6) is 0 Å². The summed E-state index contributed by atoms with van der Waals surface area (Å²) in [6.45, 7) is 1.03. The van der Waals surface area contributed by atoms with Gasteiger partial charge in [-0.1, -0.05) is 11.6 Å². The largest absolute Gasteiger partial charge is 0.363 e. The number of aromatic nitrogens is 4. The number of amidine groups is 1. The number of imidazole rings is 1. The van der Waals surface area contributed by atoms with Crippen LogP contribution in [0.4, 0.5) is 5.95 Å². The van der Waals surface area contributed by atoms with Crippen LogP contribution in [0.15, 0.2) is 11.3 Å². The summed E-state index contributed by atoms with van der Waals surface area (Å²) in [7, 11) is 2.01. The van der Waals surface area contributed by atoms with E-state index in [1.165, 1.54) is 0 Å². The summed E-state index contributed by atoms with van der Waals surface area (Å²) in [5.74, 6) is 1.37. The van der Waals surface area contributed by atoms with E-state index in [2.05, 4.69) is 29.8 Å². The van der Waals surface area contributed by atoms with Crippen LogP contribution in [-0.2, 0) is 0 Å². The Hall–Kier alpha value is -1.69. The van der Waals surface area contributed by atoms with Crippen molar-refractivity contribution in [3.05, 3.63) is 11.5 Å². The summed E-state index contributed by atoms with van der Waals surface area (Å²) >= 11 is 6.02. The van der Waals surface area contributed by atoms with Crippen molar-refractivity contribution in [1.82, 2.24) is 24.8 Å². The molecule has 2 aromatic rings. The molecule has 3 heterocycles. The van der Waals surface area contributed by atoms with E-state index in [1.54, 1.807) is 6.33 Å². The van der Waals surface area contributed by atoms with Gasteiger partial charge in [0.2, 0.25) is 0 Å². The average Bonchev–Trinajstić information content (AvgIpc) is 2.89. The highest BCUT2D eigenvalue weighted by molar-refractivity contribution is 6.33. The fraction of sp³-hybridized carbons (Fsp3) is 0.400. The Labute approximate surface area is 103 Å². The van der Waals surface area contributed by atoms with Crippen molar-refractivity contribution in [2.24, 2.45) is 4.99 Å². The molecule has 0 amide bonds. The lowest BCUT2D eigenvalue weighted by Gasteiger charge is -2.10. The lowest BCUT2D eigenvalue weighted by Crippen LogP contribution is -2.18. The number of likely N-dealkylation sites (tertiary alicyclic amines) is 1. The quantitative estimate of drug-likeness (QED) is 0.783. The number of rotatable bonds is 1. The minimum Gasteiger partial charge on any atom is -0.363 e. The molecule has 1 N–H and O–H groups in total. The number of fused-ring (bicyclic) bond motifs is 1. The number of nitrogens with one attached hydrogen (secondary N) is 1. The average molecular weight is 251 g/mol. The number of hydrogen-bond acceptors (Lipinski definition) is 4. The van der Waals surface area contributed by atoms with Gasteiger partial charge in [0.15, 0.2) is 10.8 Å². The number of nitrogens with zero attached hydrogens (tertiary/aromatic N) is 5. The molecule has 0 unspecified atom stereocenters. The molecule has 0 spiro atoms. The first kappa shape index (κ1) is 10.5. The van der Waals surface area contributed by atoms with Gasteiger partial charge in [-0.05, 0) is 6.42 Å². The van der Waals surface area contributed by atoms with Gasteiger partial charge in [-0.15, -0.1) is 0 Å². The maximum atomic E-state index is 6.02. The summed E-state index contributed by atoms with van der Waals surface area (Å²) in [4.78, 5) is 21.8. The predicted octanol–water partition coefficient (Wildman–Crippen LogP) is 1.76. The zero-order valence-electron chi connectivity index (χ0n) is 9.31. The highest BCUT2D eigenvalue weighted by atomic mass is 35.5. The van der Waals surface area contributed by atoms with E-state index in [0.29, 0.717) is 22.3 Å². The minimum atomic E-state index is 0.354. The van der Waals surface area contributed by atoms with Crippen LogP contribution >= 0.6 is 11.6 Å². The molecular weight excluding hydrogens is 240 g/mol. The van der Waals surface area contributed by atoms with Crippen LogP contribution in [0.3, 0.4) is 0 Å². The smallest absolute Gasteiger partial charge is 0.254 e. The molecule has 1 aliphatic heterocycles. The van der Waals surface area contributed by atoms with E-state index >= 15 is 0 Å². The van der Waals surface area contributed by atoms with Crippen LogP contribution in [0.2, 0.25) is 5.15 Å². The molecule has 1 saturated heterocycles. The van der Waals surface area contributed by atoms with Gasteiger partial charge in [0.25, 0.3) is 5.95 Å². The van der Waals surface area contributed by atoms with Crippen molar-refractivity contribution in [3.8, 4) is 0 Å². The van der Waals surface area contributed by atoms with Crippen LogP contribution in [-0.4, -0.2) is 44.3 Å². The summed E-state index contributed by atoms with van der Waals surface area (Å²) < 4.78 is 0. The Bertz CT molecular complexity index is 589. The zero-order chi connectivity index (χ0) is 11.8. The normalized spacial score (nSPS) is 18.5. The van der Waals surface area contributed by atoms with Crippen molar-refractivity contribution in [2.45, 2.75) is 12.8 Å². The Kier molecular flexibility index (Phi) is 2.44. The lowest BCUT2D eigenvalue weighted by atomic mass is 10.4. The maximum absolute atomic E-state index is 6.02. The molecule has 0 aromatic carbocycles. The van der Waals surface area contributed by atoms with Crippen LogP contribution in [0, 0.1) is 0 Å². The first-order chi connectivity index (χ1) is 8.24. The summed E-state index contributed by atoms with van der Waals surface area (Å²) in [6, 6.07) is 0. The van der Waals surface area contributed by atoms with Gasteiger partial charge in [-0.25, -0.2) is 4.98 Å². The summed E-state index contributed by atoms with van der Waals surface area (Å²) in [5, 5.41) is 0.354. The van der Waals surface area contributed by atoms with Gasteiger partial charge >= 0.3 is 0 Å². The van der Waals surface area contributed by atoms with E-state index in [4.69, 9.17) is 11.6 Å². The van der Waals surface area contributed by atoms with E-state index in [-0.39, 0.29) is 0 Å². The van der Waals surface area contributed by atoms with E-state index < -0.39 is 0 Å². The molecule has 0 radical (unpaired) electrons. The van der Waals surface area contributed by atoms with E-state index in [0.717, 1.165) is 25.2 Å². The summed E-state index contributed by atoms with van der Waals surface area (Å²) in [6.07, 6.45) is 3.62. The zero-order valence-corrected chi connectivity index (χ0v) is 10.1. The fourth-order valence-corrected chi connectivity index (χ4v) is 2.10. The molecule has 17 heavy (non-hydrogen) atoms. The van der Waals surface area contributed by atoms with Crippen LogP contribution in [0.1, 0.15) is 12.8 Å². The van der Waals surface area contributed by atoms with Crippen molar-refractivity contribution in [1.29, 1.82) is 0 Å². The van der Waals surface area contributed by atoms with Gasteiger partial charge in [-0.2, -0.15) is 15.0 Å². The number of aliphatic imine (C=N–C) groups is 1. The predicted molar refractivity (Wildman–Crippen MR) is 65.7 cm³/mol. The Balaban J connectivity index is 2.06. The third-order valence-electron chi connectivity index (χ3n) is 2.79. The Morgan fingerprint density at radius 2 is 2.35 bits per heavy atom. The van der Waals surface area contributed by atoms with Gasteiger partial charge in [0, 0.05) is 20.0 Å². The Morgan fingerprint density at radius 3 is 3.12 bits per heavy atom. The van der Waals surface area contributed by atoms with Crippen LogP contribution in [0.25, 0.3) is 11.2 Å². The molecule has 0 atom stereocenters. The molecule has 2 aromatic heterocycles. The molecule has 0 saturated carbocycles. The minimum absolute atomic E-state index is 0.354. The van der Waals surface area contributed by atoms with Crippen molar-refractivity contribution < 1.29 is 0 Å². The number of hydrogen-bond donors (Lipinski definition) is 1. The first-order valence-electron chi connectivity index (χ1n) is 5.39. The van der Waals surface area contributed by atoms with Gasteiger partial charge in [-0.3, -0.25) is 0 Å². The van der Waals surface area contributed by atoms with Crippen molar-refractivity contribution in [2.75, 3.05) is 13.6 Å². The van der Waals surface area contributed by atoms with E-state index in [9.17, 15) is 0 Å². The van der Waals surface area contributed by atoms with Gasteiger partial charge < -0.3 is 9.88 Å². The monoisotopic (exact) mass is 250 g/mol. The van der Waals surface area contributed by atoms with Crippen molar-refractivity contribution in [3.63, 3.8) is 0 Å². The molecule has 7 heteroatoms. The molecule has 6 nitrogen and oxygen atoms in total. The third-order valence-corrected chi connectivity index (χ3v) is 3.07. The molecular formula is C10H11ClN6. The standard InChI is InChI=1S/C10H11ClN6/c1-17-4-2-3-6(17)14-10-15-8(11)7-9(16-10)13-5-12-7/h5H,2-4H2,1H3,(H,12,13,15,16)/b14-6-. The number of halogens is 1. The lowest BCUT2D eigenvalue weighted by molar-refractivity contribution is 0.549. The van der Waals surface area contributed by atoms with Gasteiger partial charge in [0.05, 0.1) is 6.33 Å².